The molecular formula is C5H10FN5. The lowest BCUT2D eigenvalue weighted by molar-refractivity contribution is 0.622. The summed E-state index contributed by atoms with van der Waals surface area (Å²) in [6, 6.07) is 2.73. The van der Waals surface area contributed by atoms with Gasteiger partial charge in [-0.3, -0.25) is 11.7 Å². The molecule has 7 N–H and O–H groups in total. The predicted molar refractivity (Wildman–Crippen MR) is 40.4 cm³/mol. The molecule has 1 heterocycles. The molecule has 0 aromatic carbocycles. The Hall–Kier alpha value is -1.24. The van der Waals surface area contributed by atoms with E-state index in [4.69, 9.17) is 5.84 Å². The maximum absolute atomic E-state index is 12.1. The number of nitrogens with two attached hydrogens (primary N) is 3. The Balaban J connectivity index is 0.000000461. The maximum atomic E-state index is 12.1. The Bertz CT molecular complexity index is 187. The van der Waals surface area contributed by atoms with Gasteiger partial charge in [0.15, 0.2) is 0 Å². The van der Waals surface area contributed by atoms with Gasteiger partial charge in [0.2, 0.25) is 0 Å². The summed E-state index contributed by atoms with van der Waals surface area (Å²) in [5.41, 5.74) is 2.28. The van der Waals surface area contributed by atoms with E-state index < -0.39 is 0 Å². The molecule has 0 amide bonds. The summed E-state index contributed by atoms with van der Waals surface area (Å²) in [5, 5.41) is 0. The van der Waals surface area contributed by atoms with Crippen LogP contribution in [0.5, 0.6) is 0 Å². The van der Waals surface area contributed by atoms with Crippen molar-refractivity contribution in [3.63, 3.8) is 0 Å². The molecule has 0 aliphatic heterocycles. The van der Waals surface area contributed by atoms with Crippen LogP contribution in [0.1, 0.15) is 0 Å². The van der Waals surface area contributed by atoms with Crippen molar-refractivity contribution in [1.82, 2.24) is 4.98 Å². The number of halogens is 1. The molecule has 62 valence electrons. The zero-order valence-corrected chi connectivity index (χ0v) is 5.79. The van der Waals surface area contributed by atoms with Gasteiger partial charge in [0, 0.05) is 0 Å². The van der Waals surface area contributed by atoms with Crippen LogP contribution in [0.2, 0.25) is 0 Å². The van der Waals surface area contributed by atoms with Gasteiger partial charge in [0.05, 0.1) is 6.20 Å². The van der Waals surface area contributed by atoms with Crippen molar-refractivity contribution in [2.45, 2.75) is 0 Å². The van der Waals surface area contributed by atoms with Crippen LogP contribution in [-0.2, 0) is 0 Å². The first-order chi connectivity index (χ1) is 5.33. The van der Waals surface area contributed by atoms with E-state index in [-0.39, 0.29) is 5.82 Å². The summed E-state index contributed by atoms with van der Waals surface area (Å²) in [7, 11) is 0. The number of anilines is 1. The Kier molecular flexibility index (Phi) is 4.91. The second kappa shape index (κ2) is 5.54. The van der Waals surface area contributed by atoms with E-state index in [0.717, 1.165) is 6.20 Å². The Morgan fingerprint density at radius 3 is 2.36 bits per heavy atom. The summed E-state index contributed by atoms with van der Waals surface area (Å²) in [5.74, 6) is 13.1. The average Bonchev–Trinajstić information content (AvgIpc) is 2.10. The van der Waals surface area contributed by atoms with Crippen molar-refractivity contribution < 1.29 is 4.39 Å². The Labute approximate surface area is 63.3 Å². The second-order valence-corrected chi connectivity index (χ2v) is 1.51. The Morgan fingerprint density at radius 2 is 2.00 bits per heavy atom. The number of aromatic nitrogens is 1. The number of nitrogens with zero attached hydrogens (tertiary/aromatic N) is 1. The van der Waals surface area contributed by atoms with Crippen LogP contribution in [0.4, 0.5) is 10.2 Å². The fraction of sp³-hybridized carbons (Fsp3) is 0. The lowest BCUT2D eigenvalue weighted by Crippen LogP contribution is -2.07. The fourth-order valence-electron chi connectivity index (χ4n) is 0.461. The number of nitrogens with one attached hydrogen (secondary N) is 1. The molecule has 0 aliphatic carbocycles. The smallest absolute Gasteiger partial charge is 0.141 e. The van der Waals surface area contributed by atoms with Crippen LogP contribution in [0.25, 0.3) is 0 Å². The first kappa shape index (κ1) is 9.76. The van der Waals surface area contributed by atoms with Crippen LogP contribution < -0.4 is 23.0 Å². The summed E-state index contributed by atoms with van der Waals surface area (Å²) in [4.78, 5) is 3.59. The number of hydrazine groups is 2. The van der Waals surface area contributed by atoms with E-state index in [1.54, 1.807) is 0 Å². The highest BCUT2D eigenvalue weighted by Gasteiger charge is 1.88. The van der Waals surface area contributed by atoms with Gasteiger partial charge in [-0.2, -0.15) is 0 Å². The fourth-order valence-corrected chi connectivity index (χ4v) is 0.461. The monoisotopic (exact) mass is 159 g/mol. The molecule has 0 fully saturated rings. The SMILES string of the molecule is NN.NNc1ccc(F)cn1. The van der Waals surface area contributed by atoms with Gasteiger partial charge in [-0.25, -0.2) is 15.2 Å². The minimum Gasteiger partial charge on any atom is -0.308 e. The van der Waals surface area contributed by atoms with Crippen LogP contribution in [-0.4, -0.2) is 4.98 Å². The number of pyridine rings is 1. The van der Waals surface area contributed by atoms with Crippen LogP contribution in [0.15, 0.2) is 18.3 Å². The molecule has 1 aromatic heterocycles. The molecule has 0 unspecified atom stereocenters. The van der Waals surface area contributed by atoms with E-state index in [0.29, 0.717) is 5.82 Å². The van der Waals surface area contributed by atoms with Crippen LogP contribution in [0, 0.1) is 5.82 Å². The van der Waals surface area contributed by atoms with Crippen LogP contribution >= 0.6 is 0 Å². The Morgan fingerprint density at radius 1 is 1.36 bits per heavy atom. The van der Waals surface area contributed by atoms with Crippen molar-refractivity contribution in [1.29, 1.82) is 0 Å². The van der Waals surface area contributed by atoms with E-state index >= 15 is 0 Å². The zero-order valence-electron chi connectivity index (χ0n) is 5.79. The number of hydrogen-bond acceptors (Lipinski definition) is 5. The third kappa shape index (κ3) is 3.46. The predicted octanol–water partition coefficient (Wildman–Crippen LogP) is -0.675. The van der Waals surface area contributed by atoms with Crippen molar-refractivity contribution >= 4 is 5.82 Å². The molecule has 0 radical (unpaired) electrons. The highest BCUT2D eigenvalue weighted by molar-refractivity contribution is 5.31. The molecule has 0 saturated heterocycles. The van der Waals surface area contributed by atoms with E-state index in [9.17, 15) is 4.39 Å². The molecule has 0 spiro atoms. The molecular weight excluding hydrogens is 149 g/mol. The van der Waals surface area contributed by atoms with Gasteiger partial charge in [0.25, 0.3) is 0 Å². The molecule has 11 heavy (non-hydrogen) atoms. The third-order valence-corrected chi connectivity index (χ3v) is 0.875. The standard InChI is InChI=1S/C5H6FN3.H4N2/c6-4-1-2-5(9-7)8-3-4;1-2/h1-3H,7H2,(H,8,9);1-2H2. The largest absolute Gasteiger partial charge is 0.308 e. The van der Waals surface area contributed by atoms with Crippen LogP contribution in [0.3, 0.4) is 0 Å². The average molecular weight is 159 g/mol. The zero-order chi connectivity index (χ0) is 8.69. The highest BCUT2D eigenvalue weighted by atomic mass is 19.1. The summed E-state index contributed by atoms with van der Waals surface area (Å²) in [6.45, 7) is 0. The molecule has 0 aliphatic rings. The summed E-state index contributed by atoms with van der Waals surface area (Å²) < 4.78 is 12.1. The van der Waals surface area contributed by atoms with Gasteiger partial charge in [-0.1, -0.05) is 0 Å². The van der Waals surface area contributed by atoms with Crippen molar-refractivity contribution in [2.24, 2.45) is 17.5 Å². The molecule has 5 nitrogen and oxygen atoms in total. The minimum absolute atomic E-state index is 0.367. The lowest BCUT2D eigenvalue weighted by Gasteiger charge is -1.94. The summed E-state index contributed by atoms with van der Waals surface area (Å²) >= 11 is 0. The van der Waals surface area contributed by atoms with E-state index in [1.165, 1.54) is 12.1 Å². The first-order valence-electron chi connectivity index (χ1n) is 2.74. The molecule has 1 rings (SSSR count). The highest BCUT2D eigenvalue weighted by Crippen LogP contribution is 1.99. The molecule has 0 atom stereocenters. The molecule has 6 heteroatoms. The molecule has 1 aromatic rings. The van der Waals surface area contributed by atoms with E-state index in [1.807, 2.05) is 0 Å². The molecule has 0 bridgehead atoms. The number of nitrogen functional groups attached to an aromatic ring is 1. The summed E-state index contributed by atoms with van der Waals surface area (Å²) in [6.07, 6.45) is 1.09. The van der Waals surface area contributed by atoms with Crippen molar-refractivity contribution in [3.8, 4) is 0 Å². The topological polar surface area (TPSA) is 103 Å². The number of hydrogen-bond donors (Lipinski definition) is 4. The maximum Gasteiger partial charge on any atom is 0.141 e. The molecule has 0 saturated carbocycles. The van der Waals surface area contributed by atoms with Gasteiger partial charge >= 0.3 is 0 Å². The van der Waals surface area contributed by atoms with Crippen molar-refractivity contribution in [2.75, 3.05) is 5.43 Å². The quantitative estimate of drug-likeness (QED) is 0.321. The van der Waals surface area contributed by atoms with E-state index in [2.05, 4.69) is 22.1 Å². The van der Waals surface area contributed by atoms with Gasteiger partial charge in [-0.15, -0.1) is 0 Å². The minimum atomic E-state index is -0.367. The van der Waals surface area contributed by atoms with Gasteiger partial charge in [-0.05, 0) is 12.1 Å². The lowest BCUT2D eigenvalue weighted by atomic mass is 10.4. The number of rotatable bonds is 1. The van der Waals surface area contributed by atoms with Gasteiger partial charge in [0.1, 0.15) is 11.6 Å². The van der Waals surface area contributed by atoms with Gasteiger partial charge < -0.3 is 5.43 Å². The normalized spacial score (nSPS) is 8.00. The first-order valence-corrected chi connectivity index (χ1v) is 2.74. The third-order valence-electron chi connectivity index (χ3n) is 0.875. The van der Waals surface area contributed by atoms with Crippen molar-refractivity contribution in [3.05, 3.63) is 24.1 Å². The second-order valence-electron chi connectivity index (χ2n) is 1.51.